The van der Waals surface area contributed by atoms with Gasteiger partial charge in [0.25, 0.3) is 0 Å². The van der Waals surface area contributed by atoms with Gasteiger partial charge in [0.05, 0.1) is 0 Å². The summed E-state index contributed by atoms with van der Waals surface area (Å²) in [7, 11) is 0. The first-order valence-corrected chi connectivity index (χ1v) is 8.32. The maximum absolute atomic E-state index is 6.06. The summed E-state index contributed by atoms with van der Waals surface area (Å²) >= 11 is 0. The molecule has 0 radical (unpaired) electrons. The molecule has 1 saturated carbocycles. The van der Waals surface area contributed by atoms with E-state index in [1.54, 1.807) is 0 Å². The van der Waals surface area contributed by atoms with Crippen molar-refractivity contribution in [1.82, 2.24) is 4.90 Å². The lowest BCUT2D eigenvalue weighted by Crippen LogP contribution is -2.44. The minimum atomic E-state index is 0.706. The standard InChI is InChI=1S/C18H28N2/c1-2-5-14-8-9-15(11-19)18(10-14)20-12-16-6-3-4-7-17(16)13-20/h3-4,6-7,14-15,18H,2,5,8-13,19H2,1H3. The van der Waals surface area contributed by atoms with E-state index in [9.17, 15) is 0 Å². The SMILES string of the molecule is CCCC1CCC(CN)C(N2Cc3ccccc3C2)C1. The first-order valence-electron chi connectivity index (χ1n) is 8.32. The van der Waals surface area contributed by atoms with Crippen molar-refractivity contribution in [2.45, 2.75) is 58.2 Å². The first-order chi connectivity index (χ1) is 9.81. The van der Waals surface area contributed by atoms with Crippen molar-refractivity contribution in [2.75, 3.05) is 6.54 Å². The molecular formula is C18H28N2. The van der Waals surface area contributed by atoms with E-state index in [0.29, 0.717) is 12.0 Å². The van der Waals surface area contributed by atoms with Crippen molar-refractivity contribution >= 4 is 0 Å². The van der Waals surface area contributed by atoms with Gasteiger partial charge in [0, 0.05) is 19.1 Å². The van der Waals surface area contributed by atoms with Gasteiger partial charge in [0.15, 0.2) is 0 Å². The van der Waals surface area contributed by atoms with Crippen LogP contribution in [0, 0.1) is 11.8 Å². The number of benzene rings is 1. The maximum Gasteiger partial charge on any atom is 0.0243 e. The number of fused-ring (bicyclic) bond motifs is 1. The van der Waals surface area contributed by atoms with Gasteiger partial charge in [-0.1, -0.05) is 50.5 Å². The predicted molar refractivity (Wildman–Crippen MR) is 84.3 cm³/mol. The summed E-state index contributed by atoms with van der Waals surface area (Å²) in [5.41, 5.74) is 9.12. The van der Waals surface area contributed by atoms with Crippen molar-refractivity contribution in [1.29, 1.82) is 0 Å². The highest BCUT2D eigenvalue weighted by atomic mass is 15.2. The van der Waals surface area contributed by atoms with E-state index < -0.39 is 0 Å². The normalized spacial score (nSPS) is 30.4. The van der Waals surface area contributed by atoms with Crippen molar-refractivity contribution in [3.05, 3.63) is 35.4 Å². The highest BCUT2D eigenvalue weighted by molar-refractivity contribution is 5.30. The Bertz CT molecular complexity index is 418. The van der Waals surface area contributed by atoms with Crippen molar-refractivity contribution < 1.29 is 0 Å². The molecule has 2 aliphatic rings. The molecule has 3 unspecified atom stereocenters. The van der Waals surface area contributed by atoms with Crippen LogP contribution in [0.15, 0.2) is 24.3 Å². The molecule has 1 heterocycles. The van der Waals surface area contributed by atoms with E-state index in [1.165, 1.54) is 43.2 Å². The molecule has 2 heteroatoms. The summed E-state index contributed by atoms with van der Waals surface area (Å²) in [6, 6.07) is 9.63. The van der Waals surface area contributed by atoms with Gasteiger partial charge in [-0.15, -0.1) is 0 Å². The minimum Gasteiger partial charge on any atom is -0.330 e. The van der Waals surface area contributed by atoms with E-state index in [-0.39, 0.29) is 0 Å². The zero-order chi connectivity index (χ0) is 13.9. The second-order valence-electron chi connectivity index (χ2n) is 6.70. The molecule has 2 nitrogen and oxygen atoms in total. The highest BCUT2D eigenvalue weighted by Crippen LogP contribution is 2.37. The van der Waals surface area contributed by atoms with E-state index in [2.05, 4.69) is 36.1 Å². The Labute approximate surface area is 123 Å². The molecule has 3 rings (SSSR count). The Morgan fingerprint density at radius 1 is 1.15 bits per heavy atom. The summed E-state index contributed by atoms with van der Waals surface area (Å²) in [4.78, 5) is 2.70. The Balaban J connectivity index is 1.71. The number of nitrogens with zero attached hydrogens (tertiary/aromatic N) is 1. The Hall–Kier alpha value is -0.860. The highest BCUT2D eigenvalue weighted by Gasteiger charge is 2.35. The summed E-state index contributed by atoms with van der Waals surface area (Å²) in [6.07, 6.45) is 6.81. The Kier molecular flexibility index (Phi) is 4.42. The van der Waals surface area contributed by atoms with Crippen molar-refractivity contribution in [3.8, 4) is 0 Å². The molecule has 3 atom stereocenters. The van der Waals surface area contributed by atoms with Crippen LogP contribution in [0.3, 0.4) is 0 Å². The average Bonchev–Trinajstić information content (AvgIpc) is 2.91. The number of rotatable bonds is 4. The first kappa shape index (κ1) is 14.1. The fourth-order valence-corrected chi connectivity index (χ4v) is 4.28. The summed E-state index contributed by atoms with van der Waals surface area (Å²) in [5.74, 6) is 1.63. The van der Waals surface area contributed by atoms with Gasteiger partial charge in [-0.2, -0.15) is 0 Å². The fraction of sp³-hybridized carbons (Fsp3) is 0.667. The van der Waals surface area contributed by atoms with Crippen LogP contribution in [0.4, 0.5) is 0 Å². The summed E-state index contributed by atoms with van der Waals surface area (Å²) in [6.45, 7) is 5.44. The molecule has 0 amide bonds. The molecule has 0 aromatic heterocycles. The third-order valence-electron chi connectivity index (χ3n) is 5.40. The number of hydrogen-bond donors (Lipinski definition) is 1. The lowest BCUT2D eigenvalue weighted by atomic mass is 9.76. The van der Waals surface area contributed by atoms with Gasteiger partial charge in [-0.25, -0.2) is 0 Å². The quantitative estimate of drug-likeness (QED) is 0.908. The van der Waals surface area contributed by atoms with E-state index in [1.807, 2.05) is 0 Å². The minimum absolute atomic E-state index is 0.706. The van der Waals surface area contributed by atoms with Gasteiger partial charge in [-0.3, -0.25) is 4.90 Å². The molecule has 20 heavy (non-hydrogen) atoms. The van der Waals surface area contributed by atoms with Gasteiger partial charge in [0.2, 0.25) is 0 Å². The zero-order valence-corrected chi connectivity index (χ0v) is 12.7. The van der Waals surface area contributed by atoms with Gasteiger partial charge in [-0.05, 0) is 42.3 Å². The van der Waals surface area contributed by atoms with Crippen molar-refractivity contribution in [3.63, 3.8) is 0 Å². The molecule has 1 fully saturated rings. The van der Waals surface area contributed by atoms with E-state index >= 15 is 0 Å². The Morgan fingerprint density at radius 3 is 2.45 bits per heavy atom. The van der Waals surface area contributed by atoms with Crippen LogP contribution in [-0.2, 0) is 13.1 Å². The summed E-state index contributed by atoms with van der Waals surface area (Å²) in [5, 5.41) is 0. The molecule has 1 aromatic rings. The topological polar surface area (TPSA) is 29.3 Å². The molecule has 0 saturated heterocycles. The molecular weight excluding hydrogens is 244 g/mol. The fourth-order valence-electron chi connectivity index (χ4n) is 4.28. The molecule has 1 aliphatic heterocycles. The van der Waals surface area contributed by atoms with Gasteiger partial charge < -0.3 is 5.73 Å². The third-order valence-corrected chi connectivity index (χ3v) is 5.40. The van der Waals surface area contributed by atoms with Crippen LogP contribution < -0.4 is 5.73 Å². The zero-order valence-electron chi connectivity index (χ0n) is 12.7. The van der Waals surface area contributed by atoms with Gasteiger partial charge >= 0.3 is 0 Å². The van der Waals surface area contributed by atoms with Crippen LogP contribution in [0.5, 0.6) is 0 Å². The molecule has 110 valence electrons. The van der Waals surface area contributed by atoms with Crippen LogP contribution >= 0.6 is 0 Å². The molecule has 0 bridgehead atoms. The predicted octanol–water partition coefficient (Wildman–Crippen LogP) is 3.55. The molecule has 0 spiro atoms. The molecule has 1 aliphatic carbocycles. The second-order valence-corrected chi connectivity index (χ2v) is 6.70. The Morgan fingerprint density at radius 2 is 1.85 bits per heavy atom. The lowest BCUT2D eigenvalue weighted by Gasteiger charge is -2.41. The average molecular weight is 272 g/mol. The summed E-state index contributed by atoms with van der Waals surface area (Å²) < 4.78 is 0. The maximum atomic E-state index is 6.06. The van der Waals surface area contributed by atoms with Crippen LogP contribution in [0.25, 0.3) is 0 Å². The van der Waals surface area contributed by atoms with Crippen LogP contribution in [-0.4, -0.2) is 17.5 Å². The lowest BCUT2D eigenvalue weighted by molar-refractivity contribution is 0.0768. The smallest absolute Gasteiger partial charge is 0.0243 e. The second kappa shape index (κ2) is 6.28. The van der Waals surface area contributed by atoms with Gasteiger partial charge in [0.1, 0.15) is 0 Å². The monoisotopic (exact) mass is 272 g/mol. The number of nitrogens with two attached hydrogens (primary N) is 1. The van der Waals surface area contributed by atoms with Crippen LogP contribution in [0.1, 0.15) is 50.2 Å². The van der Waals surface area contributed by atoms with Crippen molar-refractivity contribution in [2.24, 2.45) is 17.6 Å². The van der Waals surface area contributed by atoms with Crippen LogP contribution in [0.2, 0.25) is 0 Å². The number of hydrogen-bond acceptors (Lipinski definition) is 2. The largest absolute Gasteiger partial charge is 0.330 e. The van der Waals surface area contributed by atoms with E-state index in [0.717, 1.165) is 25.6 Å². The molecule has 1 aromatic carbocycles. The third kappa shape index (κ3) is 2.77. The van der Waals surface area contributed by atoms with E-state index in [4.69, 9.17) is 5.73 Å². The molecule has 2 N–H and O–H groups in total.